The average Bonchev–Trinajstić information content (AvgIpc) is 3.47. The van der Waals surface area contributed by atoms with E-state index in [1.165, 1.54) is 24.3 Å². The van der Waals surface area contributed by atoms with Gasteiger partial charge in [-0.2, -0.15) is 0 Å². The van der Waals surface area contributed by atoms with E-state index in [-0.39, 0.29) is 18.9 Å². The van der Waals surface area contributed by atoms with Gasteiger partial charge in [-0.05, 0) is 32.6 Å². The number of nitrogens with two attached hydrogens (primary N) is 3. The first-order chi connectivity index (χ1) is 16.1. The third-order valence-electron chi connectivity index (χ3n) is 5.47. The van der Waals surface area contributed by atoms with Gasteiger partial charge in [0.2, 0.25) is 17.7 Å². The molecule has 0 radical (unpaired) electrons. The zero-order valence-electron chi connectivity index (χ0n) is 19.1. The van der Waals surface area contributed by atoms with Gasteiger partial charge in [-0.15, -0.1) is 0 Å². The highest BCUT2D eigenvalue weighted by atomic mass is 16.4. The van der Waals surface area contributed by atoms with Crippen LogP contribution in [0.1, 0.15) is 38.3 Å². The van der Waals surface area contributed by atoms with Gasteiger partial charge in [-0.1, -0.05) is 0 Å². The van der Waals surface area contributed by atoms with Crippen LogP contribution in [0, 0.1) is 0 Å². The first-order valence-electron chi connectivity index (χ1n) is 11.0. The van der Waals surface area contributed by atoms with Gasteiger partial charge in [0, 0.05) is 31.4 Å². The number of aliphatic imine (C=N–C) groups is 1. The number of aromatic amines is 1. The first kappa shape index (κ1) is 26.6. The Morgan fingerprint density at radius 1 is 1.29 bits per heavy atom. The lowest BCUT2D eigenvalue weighted by Crippen LogP contribution is -2.57. The molecule has 10 N–H and O–H groups in total. The molecular weight excluding hydrogens is 446 g/mol. The highest BCUT2D eigenvalue weighted by molar-refractivity contribution is 5.94. The minimum Gasteiger partial charge on any atom is -0.480 e. The van der Waals surface area contributed by atoms with Crippen molar-refractivity contribution < 1.29 is 24.3 Å². The fourth-order valence-electron chi connectivity index (χ4n) is 3.64. The summed E-state index contributed by atoms with van der Waals surface area (Å²) >= 11 is 0. The van der Waals surface area contributed by atoms with Crippen LogP contribution in [0.4, 0.5) is 0 Å². The van der Waals surface area contributed by atoms with Gasteiger partial charge >= 0.3 is 5.97 Å². The van der Waals surface area contributed by atoms with Crippen molar-refractivity contribution in [3.63, 3.8) is 0 Å². The summed E-state index contributed by atoms with van der Waals surface area (Å²) in [6.45, 7) is 2.07. The quantitative estimate of drug-likeness (QED) is 0.0943. The molecule has 1 aromatic rings. The number of hydrogen-bond acceptors (Lipinski definition) is 7. The van der Waals surface area contributed by atoms with Gasteiger partial charge in [0.15, 0.2) is 5.96 Å². The number of H-pyrrole nitrogens is 1. The molecule has 1 aliphatic rings. The van der Waals surface area contributed by atoms with E-state index in [2.05, 4.69) is 25.6 Å². The predicted octanol–water partition coefficient (Wildman–Crippen LogP) is -2.60. The van der Waals surface area contributed by atoms with Crippen molar-refractivity contribution in [1.29, 1.82) is 0 Å². The van der Waals surface area contributed by atoms with Crippen LogP contribution in [0.5, 0.6) is 0 Å². The summed E-state index contributed by atoms with van der Waals surface area (Å²) in [5.74, 6) is -2.79. The monoisotopic (exact) mass is 479 g/mol. The molecule has 0 saturated carbocycles. The molecule has 34 heavy (non-hydrogen) atoms. The summed E-state index contributed by atoms with van der Waals surface area (Å²) in [5.41, 5.74) is 16.9. The Morgan fingerprint density at radius 2 is 2.03 bits per heavy atom. The maximum Gasteiger partial charge on any atom is 0.326 e. The Balaban J connectivity index is 1.99. The van der Waals surface area contributed by atoms with E-state index in [1.54, 1.807) is 0 Å². The molecule has 0 spiro atoms. The molecular formula is C20H33N9O5. The molecule has 14 heteroatoms. The first-order valence-corrected chi connectivity index (χ1v) is 11.0. The number of carboxylic acid groups (broad SMARTS) is 1. The number of carbonyl (C=O) groups is 4. The van der Waals surface area contributed by atoms with Gasteiger partial charge in [-0.25, -0.2) is 9.78 Å². The topological polar surface area (TPSA) is 235 Å². The van der Waals surface area contributed by atoms with Crippen molar-refractivity contribution in [2.75, 3.05) is 13.1 Å². The second kappa shape index (κ2) is 12.5. The number of aliphatic carboxylic acids is 1. The lowest BCUT2D eigenvalue weighted by molar-refractivity contribution is -0.149. The molecule has 4 unspecified atom stereocenters. The summed E-state index contributed by atoms with van der Waals surface area (Å²) in [6, 6.07) is -3.83. The van der Waals surface area contributed by atoms with E-state index in [0.29, 0.717) is 37.9 Å². The highest BCUT2D eigenvalue weighted by Gasteiger charge is 2.38. The SMILES string of the molecule is CC(NC(=O)C(N)CCCN=C(N)N)C(=O)NC(Cc1cnc[nH]1)C(=O)N1CCCC1C(=O)O. The normalized spacial score (nSPS) is 17.9. The number of imidazole rings is 1. The maximum atomic E-state index is 13.1. The Bertz CT molecular complexity index is 885. The van der Waals surface area contributed by atoms with E-state index < -0.39 is 47.9 Å². The number of amides is 3. The third-order valence-corrected chi connectivity index (χ3v) is 5.47. The van der Waals surface area contributed by atoms with Gasteiger partial charge in [0.25, 0.3) is 0 Å². The molecule has 0 bridgehead atoms. The Kier molecular flexibility index (Phi) is 9.79. The lowest BCUT2D eigenvalue weighted by Gasteiger charge is -2.28. The molecule has 4 atom stereocenters. The van der Waals surface area contributed by atoms with Crippen LogP contribution in [0.25, 0.3) is 0 Å². The minimum atomic E-state index is -1.09. The number of rotatable bonds is 12. The Labute approximate surface area is 196 Å². The molecule has 1 aliphatic heterocycles. The summed E-state index contributed by atoms with van der Waals surface area (Å²) in [7, 11) is 0. The molecule has 3 amide bonds. The van der Waals surface area contributed by atoms with Crippen molar-refractivity contribution in [2.45, 2.75) is 63.2 Å². The van der Waals surface area contributed by atoms with Crippen molar-refractivity contribution in [1.82, 2.24) is 25.5 Å². The average molecular weight is 480 g/mol. The fraction of sp³-hybridized carbons (Fsp3) is 0.600. The molecule has 2 heterocycles. The predicted molar refractivity (Wildman–Crippen MR) is 122 cm³/mol. The van der Waals surface area contributed by atoms with Crippen molar-refractivity contribution in [3.8, 4) is 0 Å². The molecule has 14 nitrogen and oxygen atoms in total. The summed E-state index contributed by atoms with van der Waals surface area (Å²) < 4.78 is 0. The summed E-state index contributed by atoms with van der Waals surface area (Å²) in [5, 5.41) is 14.6. The van der Waals surface area contributed by atoms with E-state index in [1.807, 2.05) is 0 Å². The van der Waals surface area contributed by atoms with Crippen molar-refractivity contribution in [3.05, 3.63) is 18.2 Å². The van der Waals surface area contributed by atoms with Crippen LogP contribution >= 0.6 is 0 Å². The van der Waals surface area contributed by atoms with E-state index in [4.69, 9.17) is 17.2 Å². The van der Waals surface area contributed by atoms with Crippen LogP contribution in [-0.4, -0.2) is 86.9 Å². The van der Waals surface area contributed by atoms with E-state index in [0.717, 1.165) is 0 Å². The van der Waals surface area contributed by atoms with Crippen LogP contribution < -0.4 is 27.8 Å². The van der Waals surface area contributed by atoms with Gasteiger partial charge < -0.3 is 42.8 Å². The Hall–Kier alpha value is -3.68. The number of carboxylic acids is 1. The highest BCUT2D eigenvalue weighted by Crippen LogP contribution is 2.19. The number of aromatic nitrogens is 2. The number of carbonyl (C=O) groups excluding carboxylic acids is 3. The zero-order valence-corrected chi connectivity index (χ0v) is 19.1. The number of guanidine groups is 1. The number of nitrogens with one attached hydrogen (secondary N) is 3. The van der Waals surface area contributed by atoms with Crippen LogP contribution in [0.3, 0.4) is 0 Å². The molecule has 0 aliphatic carbocycles. The van der Waals surface area contributed by atoms with Gasteiger partial charge in [0.1, 0.15) is 18.1 Å². The van der Waals surface area contributed by atoms with Crippen LogP contribution in [0.15, 0.2) is 17.5 Å². The van der Waals surface area contributed by atoms with Crippen LogP contribution in [0.2, 0.25) is 0 Å². The molecule has 2 rings (SSSR count). The van der Waals surface area contributed by atoms with E-state index >= 15 is 0 Å². The second-order valence-electron chi connectivity index (χ2n) is 8.16. The molecule has 188 valence electrons. The fourth-order valence-corrected chi connectivity index (χ4v) is 3.64. The summed E-state index contributed by atoms with van der Waals surface area (Å²) in [6.07, 6.45) is 4.72. The Morgan fingerprint density at radius 3 is 2.65 bits per heavy atom. The number of likely N-dealkylation sites (tertiary alicyclic amines) is 1. The van der Waals surface area contributed by atoms with Crippen molar-refractivity contribution in [2.24, 2.45) is 22.2 Å². The number of nitrogens with zero attached hydrogens (tertiary/aromatic N) is 3. The minimum absolute atomic E-state index is 0.0499. The molecule has 1 saturated heterocycles. The molecule has 1 aromatic heterocycles. The van der Waals surface area contributed by atoms with Gasteiger partial charge in [-0.3, -0.25) is 19.4 Å². The maximum absolute atomic E-state index is 13.1. The van der Waals surface area contributed by atoms with Gasteiger partial charge in [0.05, 0.1) is 12.4 Å². The summed E-state index contributed by atoms with van der Waals surface area (Å²) in [4.78, 5) is 61.6. The second-order valence-corrected chi connectivity index (χ2v) is 8.16. The zero-order chi connectivity index (χ0) is 25.3. The third kappa shape index (κ3) is 7.72. The molecule has 0 aromatic carbocycles. The smallest absolute Gasteiger partial charge is 0.326 e. The largest absolute Gasteiger partial charge is 0.480 e. The van der Waals surface area contributed by atoms with Crippen molar-refractivity contribution >= 4 is 29.7 Å². The standard InChI is InChI=1S/C20H33N9O5/c1-11(27-17(31)13(21)4-2-6-25-20(22)23)16(30)28-14(8-12-9-24-10-26-12)18(32)29-7-3-5-15(29)19(33)34/h9-11,13-15H,2-8,21H2,1H3,(H,24,26)(H,27,31)(H,28,30)(H,33,34)(H4,22,23,25). The molecule has 1 fully saturated rings. The number of hydrogen-bond donors (Lipinski definition) is 7. The van der Waals surface area contributed by atoms with Crippen LogP contribution in [-0.2, 0) is 25.6 Å². The van der Waals surface area contributed by atoms with E-state index in [9.17, 15) is 24.3 Å². The lowest BCUT2D eigenvalue weighted by atomic mass is 10.1.